The van der Waals surface area contributed by atoms with E-state index in [0.29, 0.717) is 0 Å². The lowest BCUT2D eigenvalue weighted by molar-refractivity contribution is 1.40. The number of aliphatic imine (C=N–C) groups is 1. The molecule has 0 spiro atoms. The molecule has 0 amide bonds. The number of hydrogen-bond acceptors (Lipinski definition) is 2. The van der Waals surface area contributed by atoms with Crippen LogP contribution in [-0.4, -0.2) is 11.6 Å². The zero-order valence-electron chi connectivity index (χ0n) is 9.76. The standard InChI is InChI=1S/C16H11NS/c1-3-7-13-11(5-1)9-12-6-2-4-8-14(12)16-15(13)17-10-18-16/h1-9H,10H2. The van der Waals surface area contributed by atoms with E-state index in [9.17, 15) is 0 Å². The van der Waals surface area contributed by atoms with E-state index >= 15 is 0 Å². The van der Waals surface area contributed by atoms with Gasteiger partial charge in [0.2, 0.25) is 0 Å². The van der Waals surface area contributed by atoms with E-state index < -0.39 is 0 Å². The highest BCUT2D eigenvalue weighted by Gasteiger charge is 2.20. The normalized spacial score (nSPS) is 16.0. The molecule has 1 heterocycles. The Bertz CT molecular complexity index is 787. The van der Waals surface area contributed by atoms with Crippen LogP contribution in [0.2, 0.25) is 0 Å². The summed E-state index contributed by atoms with van der Waals surface area (Å²) < 4.78 is 0. The van der Waals surface area contributed by atoms with Crippen molar-refractivity contribution in [3.63, 3.8) is 0 Å². The van der Waals surface area contributed by atoms with Crippen molar-refractivity contribution < 1.29 is 0 Å². The lowest BCUT2D eigenvalue weighted by Gasteiger charge is -2.04. The summed E-state index contributed by atoms with van der Waals surface area (Å²) in [4.78, 5) is 6.01. The molecule has 0 saturated carbocycles. The Kier molecular flexibility index (Phi) is 2.17. The molecule has 0 bridgehead atoms. The van der Waals surface area contributed by atoms with Crippen molar-refractivity contribution in [3.05, 3.63) is 70.1 Å². The maximum atomic E-state index is 4.68. The summed E-state index contributed by atoms with van der Waals surface area (Å²) in [6.07, 6.45) is 2.26. The maximum absolute atomic E-state index is 4.68. The molecule has 0 N–H and O–H groups in total. The predicted molar refractivity (Wildman–Crippen MR) is 78.1 cm³/mol. The van der Waals surface area contributed by atoms with Crippen LogP contribution < -0.4 is 10.4 Å². The lowest BCUT2D eigenvalue weighted by atomic mass is 10.0. The number of hydrogen-bond donors (Lipinski definition) is 0. The second-order valence-electron chi connectivity index (χ2n) is 4.43. The molecule has 18 heavy (non-hydrogen) atoms. The fourth-order valence-electron chi connectivity index (χ4n) is 2.55. The van der Waals surface area contributed by atoms with Crippen LogP contribution in [0.1, 0.15) is 11.1 Å². The zero-order chi connectivity index (χ0) is 11.9. The first-order valence-electron chi connectivity index (χ1n) is 6.01. The van der Waals surface area contributed by atoms with Gasteiger partial charge in [-0.1, -0.05) is 60.3 Å². The topological polar surface area (TPSA) is 12.4 Å². The number of thioether (sulfide) groups is 1. The Labute approximate surface area is 110 Å². The van der Waals surface area contributed by atoms with Crippen molar-refractivity contribution in [3.8, 4) is 0 Å². The summed E-state index contributed by atoms with van der Waals surface area (Å²) in [5.74, 6) is 0.841. The molecule has 0 unspecified atom stereocenters. The van der Waals surface area contributed by atoms with Gasteiger partial charge in [-0.25, -0.2) is 0 Å². The molecule has 0 fully saturated rings. The van der Waals surface area contributed by atoms with Crippen molar-refractivity contribution >= 4 is 28.5 Å². The Hall–Kier alpha value is -1.80. The molecular weight excluding hydrogens is 238 g/mol. The molecule has 0 saturated heterocycles. The average molecular weight is 249 g/mol. The van der Waals surface area contributed by atoms with Crippen LogP contribution in [0.5, 0.6) is 0 Å². The predicted octanol–water partition coefficient (Wildman–Crippen LogP) is 2.13. The highest BCUT2D eigenvalue weighted by Crippen LogP contribution is 2.30. The van der Waals surface area contributed by atoms with Gasteiger partial charge in [0.25, 0.3) is 0 Å². The van der Waals surface area contributed by atoms with E-state index in [2.05, 4.69) is 59.6 Å². The smallest absolute Gasteiger partial charge is 0.0899 e. The van der Waals surface area contributed by atoms with Gasteiger partial charge in [0, 0.05) is 10.5 Å². The van der Waals surface area contributed by atoms with E-state index in [-0.39, 0.29) is 0 Å². The molecule has 4 rings (SSSR count). The Balaban J connectivity index is 2.22. The summed E-state index contributed by atoms with van der Waals surface area (Å²) in [5.41, 5.74) is 3.69. The molecule has 0 aromatic heterocycles. The summed E-state index contributed by atoms with van der Waals surface area (Å²) in [5, 5.41) is 2.61. The number of fused-ring (bicyclic) bond motifs is 4. The van der Waals surface area contributed by atoms with Crippen LogP contribution in [-0.2, 0) is 0 Å². The summed E-state index contributed by atoms with van der Waals surface area (Å²) in [6, 6.07) is 17.1. The quantitative estimate of drug-likeness (QED) is 0.697. The van der Waals surface area contributed by atoms with Gasteiger partial charge in [-0.3, -0.25) is 4.99 Å². The van der Waals surface area contributed by atoms with E-state index in [1.165, 1.54) is 26.5 Å². The third kappa shape index (κ3) is 1.39. The molecule has 1 nitrogen and oxygen atoms in total. The molecule has 2 aromatic carbocycles. The largest absolute Gasteiger partial charge is 0.272 e. The van der Waals surface area contributed by atoms with Crippen molar-refractivity contribution in [2.75, 3.05) is 5.88 Å². The third-order valence-corrected chi connectivity index (χ3v) is 4.34. The Morgan fingerprint density at radius 2 is 1.78 bits per heavy atom. The SMILES string of the molecule is C1=c2ccccc2=C2SCN=C2c2ccccc21. The summed E-state index contributed by atoms with van der Waals surface area (Å²) in [7, 11) is 0. The first-order chi connectivity index (χ1) is 8.93. The van der Waals surface area contributed by atoms with Crippen LogP contribution in [0.15, 0.2) is 53.5 Å². The minimum absolute atomic E-state index is 0.841. The molecule has 86 valence electrons. The minimum Gasteiger partial charge on any atom is -0.272 e. The van der Waals surface area contributed by atoms with Crippen molar-refractivity contribution in [2.45, 2.75) is 0 Å². The molecule has 1 aliphatic heterocycles. The maximum Gasteiger partial charge on any atom is 0.0899 e. The average Bonchev–Trinajstić information content (AvgIpc) is 2.84. The Morgan fingerprint density at radius 3 is 2.78 bits per heavy atom. The van der Waals surface area contributed by atoms with Gasteiger partial charge in [-0.05, 0) is 22.1 Å². The van der Waals surface area contributed by atoms with Gasteiger partial charge in [0.05, 0.1) is 11.6 Å². The fraction of sp³-hybridized carbons (Fsp3) is 0.0625. The molecule has 0 radical (unpaired) electrons. The van der Waals surface area contributed by atoms with Crippen molar-refractivity contribution in [1.82, 2.24) is 0 Å². The highest BCUT2D eigenvalue weighted by molar-refractivity contribution is 8.09. The van der Waals surface area contributed by atoms with E-state index in [1.807, 2.05) is 11.8 Å². The first-order valence-corrected chi connectivity index (χ1v) is 7.00. The van der Waals surface area contributed by atoms with Gasteiger partial charge < -0.3 is 0 Å². The van der Waals surface area contributed by atoms with Gasteiger partial charge in [0.15, 0.2) is 0 Å². The Morgan fingerprint density at radius 1 is 0.944 bits per heavy atom. The third-order valence-electron chi connectivity index (χ3n) is 3.38. The van der Waals surface area contributed by atoms with Crippen LogP contribution in [0.4, 0.5) is 0 Å². The lowest BCUT2D eigenvalue weighted by Crippen LogP contribution is -2.26. The monoisotopic (exact) mass is 249 g/mol. The summed E-state index contributed by atoms with van der Waals surface area (Å²) in [6.45, 7) is 0. The fourth-order valence-corrected chi connectivity index (χ4v) is 3.53. The van der Waals surface area contributed by atoms with Gasteiger partial charge in [0.1, 0.15) is 0 Å². The zero-order valence-corrected chi connectivity index (χ0v) is 10.6. The van der Waals surface area contributed by atoms with E-state index in [1.54, 1.807) is 0 Å². The molecule has 2 aliphatic rings. The van der Waals surface area contributed by atoms with Crippen LogP contribution in [0, 0.1) is 0 Å². The second-order valence-corrected chi connectivity index (χ2v) is 5.38. The van der Waals surface area contributed by atoms with E-state index in [4.69, 9.17) is 0 Å². The molecular formula is C16H11NS. The summed E-state index contributed by atoms with van der Waals surface area (Å²) >= 11 is 1.84. The first kappa shape index (κ1) is 10.2. The van der Waals surface area contributed by atoms with Gasteiger partial charge in [-0.2, -0.15) is 0 Å². The van der Waals surface area contributed by atoms with Crippen molar-refractivity contribution in [2.24, 2.45) is 4.99 Å². The van der Waals surface area contributed by atoms with Crippen LogP contribution in [0.3, 0.4) is 0 Å². The molecule has 0 atom stereocenters. The van der Waals surface area contributed by atoms with Crippen LogP contribution >= 0.6 is 11.8 Å². The number of nitrogens with zero attached hydrogens (tertiary/aromatic N) is 1. The molecule has 2 heteroatoms. The second kappa shape index (κ2) is 3.85. The van der Waals surface area contributed by atoms with Crippen molar-refractivity contribution in [1.29, 1.82) is 0 Å². The minimum atomic E-state index is 0.841. The van der Waals surface area contributed by atoms with Gasteiger partial charge in [-0.15, -0.1) is 0 Å². The number of benzene rings is 2. The van der Waals surface area contributed by atoms with Gasteiger partial charge >= 0.3 is 0 Å². The molecule has 2 aromatic rings. The van der Waals surface area contributed by atoms with E-state index in [0.717, 1.165) is 11.6 Å². The van der Waals surface area contributed by atoms with Crippen LogP contribution in [0.25, 0.3) is 11.0 Å². The molecule has 1 aliphatic carbocycles. The number of rotatable bonds is 0. The highest BCUT2D eigenvalue weighted by atomic mass is 32.2.